The van der Waals surface area contributed by atoms with Crippen LogP contribution in [0.5, 0.6) is 0 Å². The lowest BCUT2D eigenvalue weighted by Gasteiger charge is -2.08. The van der Waals surface area contributed by atoms with Gasteiger partial charge in [0.1, 0.15) is 23.0 Å². The maximum absolute atomic E-state index is 13.6. The molecule has 0 aliphatic rings. The van der Waals surface area contributed by atoms with Crippen molar-refractivity contribution in [1.29, 1.82) is 0 Å². The van der Waals surface area contributed by atoms with E-state index in [1.165, 1.54) is 0 Å². The highest BCUT2D eigenvalue weighted by atomic mass is 19.1. The predicted molar refractivity (Wildman–Crippen MR) is 65.1 cm³/mol. The first-order valence-corrected chi connectivity index (χ1v) is 5.39. The number of carbonyl (C=O) groups is 1. The van der Waals surface area contributed by atoms with Gasteiger partial charge >= 0.3 is 0 Å². The molecule has 2 aromatic carbocycles. The van der Waals surface area contributed by atoms with Gasteiger partial charge < -0.3 is 11.1 Å². The Bertz CT molecular complexity index is 668. The minimum Gasteiger partial charge on any atom is -0.396 e. The van der Waals surface area contributed by atoms with Gasteiger partial charge in [-0.25, -0.2) is 17.6 Å². The van der Waals surface area contributed by atoms with Crippen molar-refractivity contribution in [2.45, 2.75) is 0 Å². The molecule has 0 fully saturated rings. The second-order valence-corrected chi connectivity index (χ2v) is 3.94. The number of rotatable bonds is 2. The maximum Gasteiger partial charge on any atom is 0.261 e. The lowest BCUT2D eigenvalue weighted by molar-refractivity contribution is 0.101. The molecule has 0 bridgehead atoms. The normalized spacial score (nSPS) is 10.4. The van der Waals surface area contributed by atoms with Crippen LogP contribution in [-0.2, 0) is 0 Å². The largest absolute Gasteiger partial charge is 0.396 e. The fraction of sp³-hybridized carbons (Fsp3) is 0. The Morgan fingerprint density at radius 1 is 1.00 bits per heavy atom. The zero-order chi connectivity index (χ0) is 14.9. The number of nitrogens with one attached hydrogen (secondary N) is 1. The molecule has 0 saturated carbocycles. The fourth-order valence-corrected chi connectivity index (χ4v) is 1.60. The number of nitrogens with two attached hydrogens (primary N) is 1. The van der Waals surface area contributed by atoms with Gasteiger partial charge in [-0.15, -0.1) is 0 Å². The third-order valence-corrected chi connectivity index (χ3v) is 2.47. The van der Waals surface area contributed by atoms with E-state index in [0.717, 1.165) is 24.3 Å². The summed E-state index contributed by atoms with van der Waals surface area (Å²) >= 11 is 0. The highest BCUT2D eigenvalue weighted by Crippen LogP contribution is 2.21. The second kappa shape index (κ2) is 5.20. The number of hydrogen-bond donors (Lipinski definition) is 2. The van der Waals surface area contributed by atoms with Crippen LogP contribution in [0.3, 0.4) is 0 Å². The molecule has 0 aliphatic carbocycles. The molecule has 104 valence electrons. The van der Waals surface area contributed by atoms with Crippen molar-refractivity contribution in [3.8, 4) is 0 Å². The van der Waals surface area contributed by atoms with Crippen molar-refractivity contribution in [3.05, 3.63) is 59.2 Å². The van der Waals surface area contributed by atoms with Gasteiger partial charge in [-0.3, -0.25) is 4.79 Å². The van der Waals surface area contributed by atoms with Crippen molar-refractivity contribution in [1.82, 2.24) is 0 Å². The van der Waals surface area contributed by atoms with Gasteiger partial charge in [-0.05, 0) is 24.3 Å². The maximum atomic E-state index is 13.6. The van der Waals surface area contributed by atoms with E-state index in [0.29, 0.717) is 6.07 Å². The summed E-state index contributed by atoms with van der Waals surface area (Å²) in [4.78, 5) is 11.7. The molecule has 1 amide bonds. The molecular weight excluding hydrogens is 276 g/mol. The molecule has 3 N–H and O–H groups in total. The first kappa shape index (κ1) is 13.9. The van der Waals surface area contributed by atoms with E-state index in [1.54, 1.807) is 0 Å². The summed E-state index contributed by atoms with van der Waals surface area (Å²) in [5.74, 6) is -5.44. The van der Waals surface area contributed by atoms with Gasteiger partial charge in [0, 0.05) is 11.8 Å². The Balaban J connectivity index is 2.35. The number of carbonyl (C=O) groups excluding carboxylic acids is 1. The van der Waals surface area contributed by atoms with E-state index in [1.807, 2.05) is 5.32 Å². The van der Waals surface area contributed by atoms with Crippen molar-refractivity contribution in [3.63, 3.8) is 0 Å². The van der Waals surface area contributed by atoms with Crippen LogP contribution in [0.25, 0.3) is 0 Å². The van der Waals surface area contributed by atoms with Crippen LogP contribution in [0.2, 0.25) is 0 Å². The standard InChI is InChI=1S/C13H8F4N2O/c14-6-3-7(15)5-8(4-6)19-13(20)11-9(16)1-2-10(18)12(11)17/h1-5H,18H2,(H,19,20). The number of halogens is 4. The van der Waals surface area contributed by atoms with Gasteiger partial charge in [0.15, 0.2) is 5.82 Å². The number of benzene rings is 2. The lowest BCUT2D eigenvalue weighted by atomic mass is 10.1. The number of amides is 1. The van der Waals surface area contributed by atoms with Crippen LogP contribution in [0.15, 0.2) is 30.3 Å². The molecule has 0 aliphatic heterocycles. The average Bonchev–Trinajstić information content (AvgIpc) is 2.33. The summed E-state index contributed by atoms with van der Waals surface area (Å²) in [5.41, 5.74) is 3.62. The molecule has 0 heterocycles. The Kier molecular flexibility index (Phi) is 3.60. The molecule has 7 heteroatoms. The van der Waals surface area contributed by atoms with Gasteiger partial charge in [0.2, 0.25) is 0 Å². The Morgan fingerprint density at radius 3 is 2.20 bits per heavy atom. The number of nitrogen functional groups attached to an aromatic ring is 1. The van der Waals surface area contributed by atoms with E-state index in [2.05, 4.69) is 0 Å². The highest BCUT2D eigenvalue weighted by molar-refractivity contribution is 6.05. The number of anilines is 2. The molecule has 0 saturated heterocycles. The molecule has 0 atom stereocenters. The molecule has 0 radical (unpaired) electrons. The molecule has 20 heavy (non-hydrogen) atoms. The van der Waals surface area contributed by atoms with Crippen molar-refractivity contribution < 1.29 is 22.4 Å². The molecule has 3 nitrogen and oxygen atoms in total. The third kappa shape index (κ3) is 2.71. The van der Waals surface area contributed by atoms with E-state index < -0.39 is 40.4 Å². The fourth-order valence-electron chi connectivity index (χ4n) is 1.60. The average molecular weight is 284 g/mol. The van der Waals surface area contributed by atoms with Crippen LogP contribution in [0, 0.1) is 23.3 Å². The first-order chi connectivity index (χ1) is 9.38. The molecule has 0 unspecified atom stereocenters. The predicted octanol–water partition coefficient (Wildman–Crippen LogP) is 3.08. The van der Waals surface area contributed by atoms with Crippen LogP contribution in [0.1, 0.15) is 10.4 Å². The summed E-state index contributed by atoms with van der Waals surface area (Å²) in [5, 5.41) is 1.99. The first-order valence-electron chi connectivity index (χ1n) is 5.39. The van der Waals surface area contributed by atoms with Crippen molar-refractivity contribution >= 4 is 17.3 Å². The molecule has 0 spiro atoms. The van der Waals surface area contributed by atoms with Gasteiger partial charge in [0.05, 0.1) is 5.69 Å². The third-order valence-electron chi connectivity index (χ3n) is 2.47. The highest BCUT2D eigenvalue weighted by Gasteiger charge is 2.20. The monoisotopic (exact) mass is 284 g/mol. The molecule has 2 rings (SSSR count). The minimum absolute atomic E-state index is 0.270. The van der Waals surface area contributed by atoms with Crippen LogP contribution < -0.4 is 11.1 Å². The summed E-state index contributed by atoms with van der Waals surface area (Å²) in [6.07, 6.45) is 0. The summed E-state index contributed by atoms with van der Waals surface area (Å²) in [7, 11) is 0. The minimum atomic E-state index is -1.24. The summed E-state index contributed by atoms with van der Waals surface area (Å²) in [6, 6.07) is 3.99. The molecule has 0 aromatic heterocycles. The van der Waals surface area contributed by atoms with E-state index in [4.69, 9.17) is 5.73 Å². The topological polar surface area (TPSA) is 55.1 Å². The molecular formula is C13H8F4N2O. The Morgan fingerprint density at radius 2 is 1.60 bits per heavy atom. The zero-order valence-corrected chi connectivity index (χ0v) is 9.88. The van der Waals surface area contributed by atoms with E-state index >= 15 is 0 Å². The number of hydrogen-bond acceptors (Lipinski definition) is 2. The Hall–Kier alpha value is -2.57. The lowest BCUT2D eigenvalue weighted by Crippen LogP contribution is -2.17. The van der Waals surface area contributed by atoms with Crippen molar-refractivity contribution in [2.24, 2.45) is 0 Å². The van der Waals surface area contributed by atoms with E-state index in [9.17, 15) is 22.4 Å². The smallest absolute Gasteiger partial charge is 0.261 e. The Labute approximate surface area is 111 Å². The quantitative estimate of drug-likeness (QED) is 0.657. The van der Waals surface area contributed by atoms with Gasteiger partial charge in [0.25, 0.3) is 5.91 Å². The van der Waals surface area contributed by atoms with Crippen LogP contribution in [-0.4, -0.2) is 5.91 Å². The summed E-state index contributed by atoms with van der Waals surface area (Å²) in [6.45, 7) is 0. The van der Waals surface area contributed by atoms with Gasteiger partial charge in [-0.1, -0.05) is 0 Å². The van der Waals surface area contributed by atoms with E-state index in [-0.39, 0.29) is 5.69 Å². The molecule has 2 aromatic rings. The summed E-state index contributed by atoms with van der Waals surface area (Å²) < 4.78 is 52.9. The SMILES string of the molecule is Nc1ccc(F)c(C(=O)Nc2cc(F)cc(F)c2)c1F. The van der Waals surface area contributed by atoms with Crippen LogP contribution in [0.4, 0.5) is 28.9 Å². The zero-order valence-electron chi connectivity index (χ0n) is 9.88. The second-order valence-electron chi connectivity index (χ2n) is 3.94. The van der Waals surface area contributed by atoms with Crippen LogP contribution >= 0.6 is 0 Å². The van der Waals surface area contributed by atoms with Gasteiger partial charge in [-0.2, -0.15) is 0 Å². The van der Waals surface area contributed by atoms with Crippen molar-refractivity contribution in [2.75, 3.05) is 11.1 Å².